The summed E-state index contributed by atoms with van der Waals surface area (Å²) in [6.07, 6.45) is 3.48. The molecule has 1 amide bonds. The Balaban J connectivity index is 1.66. The number of carbonyl (C=O) groups excluding carboxylic acids is 1. The highest BCUT2D eigenvalue weighted by molar-refractivity contribution is 5.94. The minimum absolute atomic E-state index is 0.0296. The largest absolute Gasteiger partial charge is 0.399 e. The standard InChI is InChI=1S/C18H20N2O/c19-16-10-8-14(9-11-16)18(21)20-12-15-6-3-5-13-4-1-2-7-17(13)15/h1-2,4,7-11,15H,3,5-6,12,19H2,(H,20,21). The first-order valence-corrected chi connectivity index (χ1v) is 7.45. The highest BCUT2D eigenvalue weighted by atomic mass is 16.1. The third-order valence-electron chi connectivity index (χ3n) is 4.18. The Bertz CT molecular complexity index is 634. The lowest BCUT2D eigenvalue weighted by Crippen LogP contribution is -2.29. The van der Waals surface area contributed by atoms with Gasteiger partial charge in [-0.15, -0.1) is 0 Å². The fourth-order valence-electron chi connectivity index (χ4n) is 3.02. The number of rotatable bonds is 3. The number of carbonyl (C=O) groups is 1. The second-order valence-corrected chi connectivity index (χ2v) is 5.62. The molecule has 0 spiro atoms. The lowest BCUT2D eigenvalue weighted by molar-refractivity contribution is 0.0950. The summed E-state index contributed by atoms with van der Waals surface area (Å²) in [6, 6.07) is 15.6. The van der Waals surface area contributed by atoms with Gasteiger partial charge in [-0.05, 0) is 54.7 Å². The number of benzene rings is 2. The first-order valence-electron chi connectivity index (χ1n) is 7.45. The van der Waals surface area contributed by atoms with Crippen molar-refractivity contribution >= 4 is 11.6 Å². The molecule has 2 aromatic carbocycles. The number of anilines is 1. The Morgan fingerprint density at radius 1 is 1.14 bits per heavy atom. The Labute approximate surface area is 125 Å². The predicted molar refractivity (Wildman–Crippen MR) is 85.3 cm³/mol. The average Bonchev–Trinajstić information content (AvgIpc) is 2.53. The molecule has 1 unspecified atom stereocenters. The maximum atomic E-state index is 12.2. The first kappa shape index (κ1) is 13.7. The Hall–Kier alpha value is -2.29. The van der Waals surface area contributed by atoms with Crippen molar-refractivity contribution in [2.24, 2.45) is 0 Å². The molecule has 0 saturated carbocycles. The van der Waals surface area contributed by atoms with Crippen molar-refractivity contribution in [2.45, 2.75) is 25.2 Å². The molecule has 21 heavy (non-hydrogen) atoms. The van der Waals surface area contributed by atoms with Gasteiger partial charge in [0.05, 0.1) is 0 Å². The van der Waals surface area contributed by atoms with Crippen LogP contribution in [0.1, 0.15) is 40.2 Å². The van der Waals surface area contributed by atoms with Crippen LogP contribution in [-0.4, -0.2) is 12.5 Å². The van der Waals surface area contributed by atoms with Crippen molar-refractivity contribution in [1.82, 2.24) is 5.32 Å². The quantitative estimate of drug-likeness (QED) is 0.849. The minimum atomic E-state index is -0.0296. The molecular weight excluding hydrogens is 260 g/mol. The predicted octanol–water partition coefficient (Wildman–Crippen LogP) is 3.12. The molecule has 108 valence electrons. The van der Waals surface area contributed by atoms with Crippen molar-refractivity contribution in [3.8, 4) is 0 Å². The van der Waals surface area contributed by atoms with Gasteiger partial charge in [-0.3, -0.25) is 4.79 Å². The number of amides is 1. The number of nitrogens with one attached hydrogen (secondary N) is 1. The fourth-order valence-corrected chi connectivity index (χ4v) is 3.02. The van der Waals surface area contributed by atoms with E-state index in [0.29, 0.717) is 23.7 Å². The molecule has 1 atom stereocenters. The summed E-state index contributed by atoms with van der Waals surface area (Å²) in [5, 5.41) is 3.05. The molecular formula is C18H20N2O. The van der Waals surface area contributed by atoms with Crippen molar-refractivity contribution < 1.29 is 4.79 Å². The smallest absolute Gasteiger partial charge is 0.251 e. The Morgan fingerprint density at radius 2 is 1.90 bits per heavy atom. The van der Waals surface area contributed by atoms with Crippen LogP contribution in [0.15, 0.2) is 48.5 Å². The van der Waals surface area contributed by atoms with E-state index in [1.807, 2.05) is 0 Å². The molecule has 0 saturated heterocycles. The molecule has 1 aliphatic rings. The third kappa shape index (κ3) is 3.07. The van der Waals surface area contributed by atoms with Crippen LogP contribution < -0.4 is 11.1 Å². The van der Waals surface area contributed by atoms with E-state index in [1.54, 1.807) is 24.3 Å². The van der Waals surface area contributed by atoms with Crippen LogP contribution in [0.2, 0.25) is 0 Å². The monoisotopic (exact) mass is 280 g/mol. The number of aryl methyl sites for hydroxylation is 1. The summed E-state index contributed by atoms with van der Waals surface area (Å²) in [6.45, 7) is 0.695. The maximum absolute atomic E-state index is 12.2. The van der Waals surface area contributed by atoms with Gasteiger partial charge < -0.3 is 11.1 Å². The molecule has 2 aromatic rings. The van der Waals surface area contributed by atoms with E-state index >= 15 is 0 Å². The average molecular weight is 280 g/mol. The minimum Gasteiger partial charge on any atom is -0.399 e. The number of fused-ring (bicyclic) bond motifs is 1. The van der Waals surface area contributed by atoms with Gasteiger partial charge in [0.15, 0.2) is 0 Å². The van der Waals surface area contributed by atoms with Gasteiger partial charge in [-0.1, -0.05) is 24.3 Å². The fraction of sp³-hybridized carbons (Fsp3) is 0.278. The highest BCUT2D eigenvalue weighted by Crippen LogP contribution is 2.30. The zero-order chi connectivity index (χ0) is 14.7. The summed E-state index contributed by atoms with van der Waals surface area (Å²) in [4.78, 5) is 12.2. The van der Waals surface area contributed by atoms with Crippen molar-refractivity contribution in [2.75, 3.05) is 12.3 Å². The molecule has 3 rings (SSSR count). The SMILES string of the molecule is Nc1ccc(C(=O)NCC2CCCc3ccccc32)cc1. The molecule has 3 N–H and O–H groups in total. The van der Waals surface area contributed by atoms with Gasteiger partial charge in [0.1, 0.15) is 0 Å². The van der Waals surface area contributed by atoms with E-state index < -0.39 is 0 Å². The van der Waals surface area contributed by atoms with E-state index in [0.717, 1.165) is 12.8 Å². The Morgan fingerprint density at radius 3 is 2.71 bits per heavy atom. The molecule has 3 nitrogen and oxygen atoms in total. The van der Waals surface area contributed by atoms with Crippen LogP contribution in [0.5, 0.6) is 0 Å². The van der Waals surface area contributed by atoms with Gasteiger partial charge in [0.25, 0.3) is 5.91 Å². The van der Waals surface area contributed by atoms with E-state index in [9.17, 15) is 4.79 Å². The van der Waals surface area contributed by atoms with Gasteiger partial charge >= 0.3 is 0 Å². The second kappa shape index (κ2) is 6.00. The van der Waals surface area contributed by atoms with E-state index in [2.05, 4.69) is 29.6 Å². The maximum Gasteiger partial charge on any atom is 0.251 e. The zero-order valence-electron chi connectivity index (χ0n) is 12.0. The number of hydrogen-bond acceptors (Lipinski definition) is 2. The second-order valence-electron chi connectivity index (χ2n) is 5.62. The van der Waals surface area contributed by atoms with Crippen molar-refractivity contribution in [3.63, 3.8) is 0 Å². The number of nitrogen functional groups attached to an aromatic ring is 1. The molecule has 0 aromatic heterocycles. The number of nitrogens with two attached hydrogens (primary N) is 1. The molecule has 3 heteroatoms. The summed E-state index contributed by atoms with van der Waals surface area (Å²) in [5.41, 5.74) is 9.79. The van der Waals surface area contributed by atoms with Gasteiger partial charge in [-0.25, -0.2) is 0 Å². The normalized spacial score (nSPS) is 17.0. The number of hydrogen-bond donors (Lipinski definition) is 2. The summed E-state index contributed by atoms with van der Waals surface area (Å²) < 4.78 is 0. The Kier molecular flexibility index (Phi) is 3.91. The molecule has 1 aliphatic carbocycles. The lowest BCUT2D eigenvalue weighted by atomic mass is 9.83. The lowest BCUT2D eigenvalue weighted by Gasteiger charge is -2.25. The molecule has 0 aliphatic heterocycles. The summed E-state index contributed by atoms with van der Waals surface area (Å²) in [5.74, 6) is 0.394. The zero-order valence-corrected chi connectivity index (χ0v) is 12.0. The van der Waals surface area contributed by atoms with Crippen LogP contribution in [0.4, 0.5) is 5.69 Å². The van der Waals surface area contributed by atoms with Crippen LogP contribution in [0.25, 0.3) is 0 Å². The van der Waals surface area contributed by atoms with E-state index in [1.165, 1.54) is 17.5 Å². The van der Waals surface area contributed by atoms with Crippen LogP contribution in [-0.2, 0) is 6.42 Å². The third-order valence-corrected chi connectivity index (χ3v) is 4.18. The molecule has 0 fully saturated rings. The van der Waals surface area contributed by atoms with Gasteiger partial charge in [0, 0.05) is 23.7 Å². The summed E-state index contributed by atoms with van der Waals surface area (Å²) >= 11 is 0. The molecule has 0 heterocycles. The van der Waals surface area contributed by atoms with E-state index in [-0.39, 0.29) is 5.91 Å². The van der Waals surface area contributed by atoms with Gasteiger partial charge in [0.2, 0.25) is 0 Å². The van der Waals surface area contributed by atoms with Crippen LogP contribution in [0, 0.1) is 0 Å². The van der Waals surface area contributed by atoms with Crippen molar-refractivity contribution in [3.05, 3.63) is 65.2 Å². The van der Waals surface area contributed by atoms with E-state index in [4.69, 9.17) is 5.73 Å². The molecule has 0 radical (unpaired) electrons. The highest BCUT2D eigenvalue weighted by Gasteiger charge is 2.20. The van der Waals surface area contributed by atoms with Crippen LogP contribution >= 0.6 is 0 Å². The topological polar surface area (TPSA) is 55.1 Å². The molecule has 0 bridgehead atoms. The van der Waals surface area contributed by atoms with Crippen LogP contribution in [0.3, 0.4) is 0 Å². The van der Waals surface area contributed by atoms with Gasteiger partial charge in [-0.2, -0.15) is 0 Å². The van der Waals surface area contributed by atoms with Crippen molar-refractivity contribution in [1.29, 1.82) is 0 Å². The summed E-state index contributed by atoms with van der Waals surface area (Å²) in [7, 11) is 0. The first-order chi connectivity index (χ1) is 10.2.